The van der Waals surface area contributed by atoms with E-state index in [0.717, 1.165) is 11.3 Å². The Hall–Kier alpha value is -2.00. The van der Waals surface area contributed by atoms with E-state index in [4.69, 9.17) is 0 Å². The zero-order valence-corrected chi connectivity index (χ0v) is 10.5. The molecule has 0 saturated carbocycles. The van der Waals surface area contributed by atoms with Crippen molar-refractivity contribution in [2.45, 2.75) is 4.21 Å². The number of anilines is 1. The molecule has 3 rings (SSSR count). The largest absolute Gasteiger partial charge is 0.273 e. The van der Waals surface area contributed by atoms with E-state index in [1.165, 1.54) is 16.9 Å². The van der Waals surface area contributed by atoms with Crippen LogP contribution in [0.5, 0.6) is 0 Å². The summed E-state index contributed by atoms with van der Waals surface area (Å²) in [5, 5.41) is 5.66. The molecule has 1 N–H and O–H groups in total. The predicted octanol–water partition coefficient (Wildman–Crippen LogP) is 0.987. The van der Waals surface area contributed by atoms with Crippen LogP contribution in [0.1, 0.15) is 0 Å². The molecule has 3 aromatic heterocycles. The maximum Gasteiger partial charge on any atom is 0.273 e. The van der Waals surface area contributed by atoms with Gasteiger partial charge in [0.1, 0.15) is 10.5 Å². The molecule has 0 amide bonds. The van der Waals surface area contributed by atoms with Crippen molar-refractivity contribution in [3.63, 3.8) is 0 Å². The normalized spacial score (nSPS) is 11.8. The average molecular weight is 281 g/mol. The van der Waals surface area contributed by atoms with Gasteiger partial charge in [0.25, 0.3) is 16.0 Å². The summed E-state index contributed by atoms with van der Waals surface area (Å²) in [6, 6.07) is 4.82. The number of fused-ring (bicyclic) bond motifs is 1. The van der Waals surface area contributed by atoms with Crippen LogP contribution in [0, 0.1) is 0 Å². The molecule has 0 bridgehead atoms. The van der Waals surface area contributed by atoms with Crippen molar-refractivity contribution in [1.29, 1.82) is 0 Å². The number of nitrogens with zero attached hydrogens (tertiary/aromatic N) is 4. The average Bonchev–Trinajstić information content (AvgIpc) is 2.96. The highest BCUT2D eigenvalue weighted by Crippen LogP contribution is 2.18. The minimum atomic E-state index is -3.61. The van der Waals surface area contributed by atoms with Gasteiger partial charge in [-0.1, -0.05) is 6.07 Å². The minimum absolute atomic E-state index is 0.0244. The molecule has 0 aliphatic heterocycles. The standard InChI is InChI=1S/C9H7N5O2S2/c15-18(16,8-2-1-5-17-8)13-9-11-7-3-4-10-6-14(7)12-9/h1-6H,(H,12,13). The van der Waals surface area contributed by atoms with Gasteiger partial charge in [-0.2, -0.15) is 4.98 Å². The summed E-state index contributed by atoms with van der Waals surface area (Å²) in [7, 11) is -3.61. The van der Waals surface area contributed by atoms with Crippen LogP contribution in [-0.4, -0.2) is 28.0 Å². The Morgan fingerprint density at radius 1 is 1.33 bits per heavy atom. The van der Waals surface area contributed by atoms with Gasteiger partial charge in [0, 0.05) is 12.3 Å². The first-order chi connectivity index (χ1) is 8.65. The van der Waals surface area contributed by atoms with Crippen molar-refractivity contribution < 1.29 is 8.42 Å². The lowest BCUT2D eigenvalue weighted by molar-refractivity contribution is 0.602. The zero-order valence-electron chi connectivity index (χ0n) is 8.89. The number of sulfonamides is 1. The van der Waals surface area contributed by atoms with E-state index in [2.05, 4.69) is 19.8 Å². The van der Waals surface area contributed by atoms with Crippen LogP contribution >= 0.6 is 11.3 Å². The van der Waals surface area contributed by atoms with Gasteiger partial charge >= 0.3 is 0 Å². The van der Waals surface area contributed by atoms with Gasteiger partial charge in [0.05, 0.1) is 0 Å². The van der Waals surface area contributed by atoms with Gasteiger partial charge in [-0.05, 0) is 11.4 Å². The first kappa shape index (κ1) is 11.1. The summed E-state index contributed by atoms with van der Waals surface area (Å²) in [4.78, 5) is 7.89. The van der Waals surface area contributed by atoms with Crippen LogP contribution in [0.25, 0.3) is 5.65 Å². The van der Waals surface area contributed by atoms with E-state index < -0.39 is 10.0 Å². The summed E-state index contributed by atoms with van der Waals surface area (Å²) in [6.07, 6.45) is 3.01. The Bertz CT molecular complexity index is 745. The quantitative estimate of drug-likeness (QED) is 0.773. The lowest BCUT2D eigenvalue weighted by Gasteiger charge is -1.99. The van der Waals surface area contributed by atoms with Crippen molar-refractivity contribution in [2.24, 2.45) is 0 Å². The van der Waals surface area contributed by atoms with E-state index in [0.29, 0.717) is 5.65 Å². The van der Waals surface area contributed by atoms with E-state index >= 15 is 0 Å². The minimum Gasteiger partial charge on any atom is -0.245 e. The SMILES string of the molecule is O=S(=O)(Nc1nc2ccncn2n1)c1cccs1. The van der Waals surface area contributed by atoms with E-state index in [9.17, 15) is 8.42 Å². The fourth-order valence-corrected chi connectivity index (χ4v) is 3.31. The number of hydrogen-bond acceptors (Lipinski definition) is 6. The third-order valence-electron chi connectivity index (χ3n) is 2.13. The second-order valence-electron chi connectivity index (χ2n) is 3.36. The summed E-state index contributed by atoms with van der Waals surface area (Å²) in [5.41, 5.74) is 0.522. The van der Waals surface area contributed by atoms with Gasteiger partial charge in [-0.15, -0.1) is 16.4 Å². The topological polar surface area (TPSA) is 89.2 Å². The molecule has 0 atom stereocenters. The lowest BCUT2D eigenvalue weighted by Crippen LogP contribution is -2.12. The van der Waals surface area contributed by atoms with Gasteiger partial charge < -0.3 is 0 Å². The second kappa shape index (κ2) is 4.03. The van der Waals surface area contributed by atoms with Crippen LogP contribution in [0.2, 0.25) is 0 Å². The highest BCUT2D eigenvalue weighted by atomic mass is 32.2. The molecule has 3 aromatic rings. The molecule has 0 fully saturated rings. The number of thiophene rings is 1. The highest BCUT2D eigenvalue weighted by Gasteiger charge is 2.17. The van der Waals surface area contributed by atoms with Gasteiger partial charge in [0.15, 0.2) is 5.65 Å². The number of aromatic nitrogens is 4. The van der Waals surface area contributed by atoms with Crippen LogP contribution < -0.4 is 4.72 Å². The number of nitrogens with one attached hydrogen (secondary N) is 1. The summed E-state index contributed by atoms with van der Waals surface area (Å²) in [5.74, 6) is 0.0244. The molecule has 0 unspecified atom stereocenters. The Kier molecular flexibility index (Phi) is 2.49. The van der Waals surface area contributed by atoms with Crippen LogP contribution in [-0.2, 0) is 10.0 Å². The Balaban J connectivity index is 1.97. The molecule has 0 aliphatic carbocycles. The van der Waals surface area contributed by atoms with E-state index in [-0.39, 0.29) is 10.2 Å². The number of hydrogen-bond donors (Lipinski definition) is 1. The maximum atomic E-state index is 11.9. The first-order valence-corrected chi connectivity index (χ1v) is 7.24. The molecule has 3 heterocycles. The molecular formula is C9H7N5O2S2. The summed E-state index contributed by atoms with van der Waals surface area (Å²) < 4.78 is 27.8. The fraction of sp³-hybridized carbons (Fsp3) is 0. The fourth-order valence-electron chi connectivity index (χ4n) is 1.38. The zero-order chi connectivity index (χ0) is 12.6. The third-order valence-corrected chi connectivity index (χ3v) is 4.85. The summed E-state index contributed by atoms with van der Waals surface area (Å²) in [6.45, 7) is 0. The second-order valence-corrected chi connectivity index (χ2v) is 6.21. The monoisotopic (exact) mass is 281 g/mol. The van der Waals surface area contributed by atoms with Gasteiger partial charge in [0.2, 0.25) is 0 Å². The Morgan fingerprint density at radius 2 is 2.22 bits per heavy atom. The molecule has 0 spiro atoms. The Labute approximate surface area is 106 Å². The molecule has 92 valence electrons. The predicted molar refractivity (Wildman–Crippen MR) is 65.9 cm³/mol. The third kappa shape index (κ3) is 1.93. The van der Waals surface area contributed by atoms with Crippen molar-refractivity contribution in [3.8, 4) is 0 Å². The van der Waals surface area contributed by atoms with Crippen molar-refractivity contribution >= 4 is 33.0 Å². The smallest absolute Gasteiger partial charge is 0.245 e. The van der Waals surface area contributed by atoms with Crippen LogP contribution in [0.15, 0.2) is 40.3 Å². The van der Waals surface area contributed by atoms with E-state index in [1.54, 1.807) is 23.7 Å². The van der Waals surface area contributed by atoms with E-state index in [1.807, 2.05) is 0 Å². The summed E-state index contributed by atoms with van der Waals surface area (Å²) >= 11 is 1.13. The van der Waals surface area contributed by atoms with Crippen LogP contribution in [0.3, 0.4) is 0 Å². The molecular weight excluding hydrogens is 274 g/mol. The molecule has 0 saturated heterocycles. The lowest BCUT2D eigenvalue weighted by atomic mass is 10.6. The van der Waals surface area contributed by atoms with Gasteiger partial charge in [-0.25, -0.2) is 22.6 Å². The van der Waals surface area contributed by atoms with Crippen molar-refractivity contribution in [2.75, 3.05) is 4.72 Å². The molecule has 0 aliphatic rings. The highest BCUT2D eigenvalue weighted by molar-refractivity contribution is 7.94. The molecule has 18 heavy (non-hydrogen) atoms. The maximum absolute atomic E-state index is 11.9. The van der Waals surface area contributed by atoms with Gasteiger partial charge in [-0.3, -0.25) is 0 Å². The molecule has 0 radical (unpaired) electrons. The van der Waals surface area contributed by atoms with Crippen molar-refractivity contribution in [3.05, 3.63) is 36.1 Å². The Morgan fingerprint density at radius 3 is 2.94 bits per heavy atom. The first-order valence-electron chi connectivity index (χ1n) is 4.88. The van der Waals surface area contributed by atoms with Crippen molar-refractivity contribution in [1.82, 2.24) is 19.6 Å². The van der Waals surface area contributed by atoms with Crippen LogP contribution in [0.4, 0.5) is 5.95 Å². The molecule has 0 aromatic carbocycles. The molecule has 7 nitrogen and oxygen atoms in total. The molecule has 9 heteroatoms. The number of rotatable bonds is 3.